The molecule has 0 bridgehead atoms. The number of fused-ring (bicyclic) bond motifs is 3. The summed E-state index contributed by atoms with van der Waals surface area (Å²) in [6.45, 7) is 2.81. The largest absolute Gasteiger partial charge is 0.493 e. The molecule has 0 spiro atoms. The van der Waals surface area contributed by atoms with Crippen molar-refractivity contribution in [3.05, 3.63) is 36.7 Å². The van der Waals surface area contributed by atoms with Gasteiger partial charge in [0.15, 0.2) is 5.65 Å². The number of hydrogen-bond donors (Lipinski definition) is 0. The SMILES string of the molecule is CCCOc1cc2nncn2c2ccccc12. The third kappa shape index (κ3) is 1.62. The molecule has 0 unspecified atom stereocenters. The Bertz CT molecular complexity index is 660. The molecule has 2 heterocycles. The number of para-hydroxylation sites is 1. The lowest BCUT2D eigenvalue weighted by molar-refractivity contribution is 0.321. The molecule has 4 nitrogen and oxygen atoms in total. The van der Waals surface area contributed by atoms with E-state index in [1.54, 1.807) is 6.33 Å². The molecule has 0 N–H and O–H groups in total. The number of rotatable bonds is 3. The van der Waals surface area contributed by atoms with Gasteiger partial charge in [-0.15, -0.1) is 10.2 Å². The minimum absolute atomic E-state index is 0.717. The van der Waals surface area contributed by atoms with Crippen LogP contribution in [0, 0.1) is 0 Å². The fourth-order valence-electron chi connectivity index (χ4n) is 1.95. The summed E-state index contributed by atoms with van der Waals surface area (Å²) in [7, 11) is 0. The van der Waals surface area contributed by atoms with Gasteiger partial charge in [0, 0.05) is 11.5 Å². The summed E-state index contributed by atoms with van der Waals surface area (Å²) >= 11 is 0. The predicted molar refractivity (Wildman–Crippen MR) is 66.3 cm³/mol. The Morgan fingerprint density at radius 3 is 3.06 bits per heavy atom. The standard InChI is InChI=1S/C13H13N3O/c1-2-7-17-12-8-13-15-14-9-16(13)11-6-4-3-5-10(11)12/h3-6,8-9H,2,7H2,1H3. The first-order valence-electron chi connectivity index (χ1n) is 5.74. The normalized spacial score (nSPS) is 11.1. The minimum Gasteiger partial charge on any atom is -0.493 e. The maximum absolute atomic E-state index is 5.76. The summed E-state index contributed by atoms with van der Waals surface area (Å²) in [6, 6.07) is 10.1. The zero-order valence-corrected chi connectivity index (χ0v) is 9.63. The van der Waals surface area contributed by atoms with Crippen molar-refractivity contribution in [3.8, 4) is 5.75 Å². The lowest BCUT2D eigenvalue weighted by Gasteiger charge is -2.09. The Hall–Kier alpha value is -2.10. The van der Waals surface area contributed by atoms with E-state index in [4.69, 9.17) is 4.74 Å². The van der Waals surface area contributed by atoms with E-state index in [2.05, 4.69) is 23.2 Å². The van der Waals surface area contributed by atoms with Crippen LogP contribution in [0.1, 0.15) is 13.3 Å². The molecule has 2 aromatic heterocycles. The second-order valence-corrected chi connectivity index (χ2v) is 3.93. The minimum atomic E-state index is 0.717. The van der Waals surface area contributed by atoms with Gasteiger partial charge in [-0.2, -0.15) is 0 Å². The van der Waals surface area contributed by atoms with E-state index >= 15 is 0 Å². The Kier molecular flexibility index (Phi) is 2.40. The van der Waals surface area contributed by atoms with Crippen molar-refractivity contribution < 1.29 is 4.74 Å². The van der Waals surface area contributed by atoms with Crippen molar-refractivity contribution >= 4 is 16.6 Å². The van der Waals surface area contributed by atoms with Crippen molar-refractivity contribution in [1.82, 2.24) is 14.6 Å². The van der Waals surface area contributed by atoms with Gasteiger partial charge >= 0.3 is 0 Å². The third-order valence-electron chi connectivity index (χ3n) is 2.73. The van der Waals surface area contributed by atoms with Crippen LogP contribution in [0.3, 0.4) is 0 Å². The molecular weight excluding hydrogens is 214 g/mol. The first kappa shape index (κ1) is 10.1. The Morgan fingerprint density at radius 2 is 2.18 bits per heavy atom. The lowest BCUT2D eigenvalue weighted by Crippen LogP contribution is -1.98. The lowest BCUT2D eigenvalue weighted by atomic mass is 10.2. The van der Waals surface area contributed by atoms with Crippen molar-refractivity contribution in [2.45, 2.75) is 13.3 Å². The van der Waals surface area contributed by atoms with Crippen LogP contribution in [0.4, 0.5) is 0 Å². The van der Waals surface area contributed by atoms with E-state index in [9.17, 15) is 0 Å². The molecule has 3 rings (SSSR count). The number of pyridine rings is 1. The van der Waals surface area contributed by atoms with Crippen LogP contribution in [-0.2, 0) is 0 Å². The average Bonchev–Trinajstić information content (AvgIpc) is 2.84. The molecule has 0 radical (unpaired) electrons. The molecule has 0 fully saturated rings. The van der Waals surface area contributed by atoms with Gasteiger partial charge in [-0.25, -0.2) is 0 Å². The molecule has 4 heteroatoms. The first-order chi connectivity index (χ1) is 8.40. The molecule has 17 heavy (non-hydrogen) atoms. The molecule has 0 aliphatic carbocycles. The van der Waals surface area contributed by atoms with Crippen LogP contribution >= 0.6 is 0 Å². The van der Waals surface area contributed by atoms with Crippen molar-refractivity contribution in [2.24, 2.45) is 0 Å². The van der Waals surface area contributed by atoms with Gasteiger partial charge in [-0.3, -0.25) is 4.40 Å². The monoisotopic (exact) mass is 227 g/mol. The smallest absolute Gasteiger partial charge is 0.164 e. The fraction of sp³-hybridized carbons (Fsp3) is 0.231. The van der Waals surface area contributed by atoms with E-state index in [1.165, 1.54) is 0 Å². The molecule has 0 amide bonds. The molecule has 0 aliphatic heterocycles. The van der Waals surface area contributed by atoms with Gasteiger partial charge in [-0.05, 0) is 18.6 Å². The van der Waals surface area contributed by atoms with E-state index in [-0.39, 0.29) is 0 Å². The summed E-state index contributed by atoms with van der Waals surface area (Å²) < 4.78 is 7.73. The highest BCUT2D eigenvalue weighted by molar-refractivity contribution is 5.88. The maximum Gasteiger partial charge on any atom is 0.164 e. The van der Waals surface area contributed by atoms with Crippen LogP contribution in [0.25, 0.3) is 16.6 Å². The van der Waals surface area contributed by atoms with Gasteiger partial charge in [0.1, 0.15) is 12.1 Å². The molecule has 86 valence electrons. The van der Waals surface area contributed by atoms with Crippen LogP contribution in [0.5, 0.6) is 5.75 Å². The van der Waals surface area contributed by atoms with Crippen molar-refractivity contribution in [1.29, 1.82) is 0 Å². The molecule has 0 saturated carbocycles. The number of benzene rings is 1. The predicted octanol–water partition coefficient (Wildman–Crippen LogP) is 2.67. The average molecular weight is 227 g/mol. The molecule has 0 atom stereocenters. The van der Waals surface area contributed by atoms with E-state index in [0.29, 0.717) is 6.61 Å². The summed E-state index contributed by atoms with van der Waals surface area (Å²) in [5, 5.41) is 9.09. The summed E-state index contributed by atoms with van der Waals surface area (Å²) in [5.41, 5.74) is 1.89. The fourth-order valence-corrected chi connectivity index (χ4v) is 1.95. The zero-order chi connectivity index (χ0) is 11.7. The second-order valence-electron chi connectivity index (χ2n) is 3.93. The quantitative estimate of drug-likeness (QED) is 0.690. The van der Waals surface area contributed by atoms with Crippen LogP contribution in [0.15, 0.2) is 36.7 Å². The van der Waals surface area contributed by atoms with Gasteiger partial charge < -0.3 is 4.74 Å². The Balaban J connectivity index is 2.29. The van der Waals surface area contributed by atoms with Gasteiger partial charge in [-0.1, -0.05) is 19.1 Å². The van der Waals surface area contributed by atoms with Crippen LogP contribution in [0.2, 0.25) is 0 Å². The molecular formula is C13H13N3O. The summed E-state index contributed by atoms with van der Waals surface area (Å²) in [4.78, 5) is 0. The summed E-state index contributed by atoms with van der Waals surface area (Å²) in [5.74, 6) is 0.878. The molecule has 1 aromatic carbocycles. The highest BCUT2D eigenvalue weighted by atomic mass is 16.5. The summed E-state index contributed by atoms with van der Waals surface area (Å²) in [6.07, 6.45) is 2.72. The zero-order valence-electron chi connectivity index (χ0n) is 9.63. The number of ether oxygens (including phenoxy) is 1. The van der Waals surface area contributed by atoms with Gasteiger partial charge in [0.05, 0.1) is 12.1 Å². The topological polar surface area (TPSA) is 39.4 Å². The second kappa shape index (κ2) is 4.05. The molecule has 3 aromatic rings. The highest BCUT2D eigenvalue weighted by Crippen LogP contribution is 2.27. The Labute approximate surface area is 98.8 Å². The van der Waals surface area contributed by atoms with E-state index < -0.39 is 0 Å². The van der Waals surface area contributed by atoms with Crippen LogP contribution < -0.4 is 4.74 Å². The number of hydrogen-bond acceptors (Lipinski definition) is 3. The van der Waals surface area contributed by atoms with Crippen molar-refractivity contribution in [2.75, 3.05) is 6.61 Å². The van der Waals surface area contributed by atoms with E-state index in [0.717, 1.165) is 28.7 Å². The molecule has 0 saturated heterocycles. The third-order valence-corrected chi connectivity index (χ3v) is 2.73. The number of nitrogens with zero attached hydrogens (tertiary/aromatic N) is 3. The van der Waals surface area contributed by atoms with Gasteiger partial charge in [0.25, 0.3) is 0 Å². The van der Waals surface area contributed by atoms with Crippen molar-refractivity contribution in [3.63, 3.8) is 0 Å². The van der Waals surface area contributed by atoms with Crippen LogP contribution in [-0.4, -0.2) is 21.2 Å². The molecule has 0 aliphatic rings. The van der Waals surface area contributed by atoms with E-state index in [1.807, 2.05) is 28.7 Å². The Morgan fingerprint density at radius 1 is 1.29 bits per heavy atom. The first-order valence-corrected chi connectivity index (χ1v) is 5.74. The van der Waals surface area contributed by atoms with Gasteiger partial charge in [0.2, 0.25) is 0 Å². The maximum atomic E-state index is 5.76. The highest BCUT2D eigenvalue weighted by Gasteiger charge is 2.07. The number of aromatic nitrogens is 3.